The monoisotopic (exact) mass is 385 g/mol. The van der Waals surface area contributed by atoms with Crippen LogP contribution in [0.25, 0.3) is 0 Å². The maximum atomic E-state index is 12.2. The highest BCUT2D eigenvalue weighted by atomic mass is 16.2. The summed E-state index contributed by atoms with van der Waals surface area (Å²) >= 11 is 0. The fourth-order valence-corrected chi connectivity index (χ4v) is 4.14. The molecule has 2 unspecified atom stereocenters. The molecule has 2 aliphatic heterocycles. The molecule has 2 saturated heterocycles. The first-order valence-corrected chi connectivity index (χ1v) is 10.8. The lowest BCUT2D eigenvalue weighted by Crippen LogP contribution is -2.44. The summed E-state index contributed by atoms with van der Waals surface area (Å²) in [4.78, 5) is 21.3. The average molecular weight is 386 g/mol. The van der Waals surface area contributed by atoms with Gasteiger partial charge in [-0.3, -0.25) is 14.7 Å². The summed E-state index contributed by atoms with van der Waals surface area (Å²) in [6, 6.07) is 11.6. The zero-order valence-corrected chi connectivity index (χ0v) is 17.4. The van der Waals surface area contributed by atoms with Gasteiger partial charge in [0.15, 0.2) is 5.96 Å². The average Bonchev–Trinajstić information content (AvgIpc) is 3.33. The van der Waals surface area contributed by atoms with E-state index in [4.69, 9.17) is 0 Å². The van der Waals surface area contributed by atoms with Crippen LogP contribution in [0.15, 0.2) is 35.3 Å². The van der Waals surface area contributed by atoms with Gasteiger partial charge in [0.2, 0.25) is 5.91 Å². The standard InChI is InChI=1S/C22H35N5O/c1-3-23-22(24-12-11-21(28)26-13-7-8-14-26)25-20-15-18(2)27(17-20)16-19-9-5-4-6-10-19/h4-6,9-10,18,20H,3,7-8,11-17H2,1-2H3,(H2,23,24,25). The van der Waals surface area contributed by atoms with Gasteiger partial charge in [-0.2, -0.15) is 0 Å². The third-order valence-electron chi connectivity index (χ3n) is 5.67. The molecule has 6 nitrogen and oxygen atoms in total. The van der Waals surface area contributed by atoms with E-state index in [0.717, 1.165) is 57.9 Å². The second-order valence-electron chi connectivity index (χ2n) is 7.94. The van der Waals surface area contributed by atoms with Gasteiger partial charge in [0, 0.05) is 51.2 Å². The number of aliphatic imine (C=N–C) groups is 1. The van der Waals surface area contributed by atoms with Crippen LogP contribution in [-0.4, -0.2) is 66.5 Å². The van der Waals surface area contributed by atoms with E-state index in [-0.39, 0.29) is 5.91 Å². The van der Waals surface area contributed by atoms with Crippen LogP contribution in [0.5, 0.6) is 0 Å². The number of benzene rings is 1. The number of guanidine groups is 1. The first-order chi connectivity index (χ1) is 13.7. The molecule has 0 bridgehead atoms. The summed E-state index contributed by atoms with van der Waals surface area (Å²) < 4.78 is 0. The molecule has 6 heteroatoms. The Hall–Kier alpha value is -2.08. The van der Waals surface area contributed by atoms with Crippen molar-refractivity contribution in [3.8, 4) is 0 Å². The molecule has 0 radical (unpaired) electrons. The highest BCUT2D eigenvalue weighted by Gasteiger charge is 2.29. The lowest BCUT2D eigenvalue weighted by Gasteiger charge is -2.21. The summed E-state index contributed by atoms with van der Waals surface area (Å²) in [5, 5.41) is 6.91. The first kappa shape index (κ1) is 20.6. The summed E-state index contributed by atoms with van der Waals surface area (Å²) in [5.74, 6) is 1.07. The van der Waals surface area contributed by atoms with Gasteiger partial charge in [-0.25, -0.2) is 0 Å². The van der Waals surface area contributed by atoms with Gasteiger partial charge in [0.1, 0.15) is 0 Å². The van der Waals surface area contributed by atoms with Gasteiger partial charge >= 0.3 is 0 Å². The van der Waals surface area contributed by atoms with Crippen LogP contribution in [0.4, 0.5) is 0 Å². The normalized spacial score (nSPS) is 23.2. The molecular formula is C22H35N5O. The summed E-state index contributed by atoms with van der Waals surface area (Å²) in [6.07, 6.45) is 3.87. The third-order valence-corrected chi connectivity index (χ3v) is 5.67. The predicted molar refractivity (Wildman–Crippen MR) is 114 cm³/mol. The van der Waals surface area contributed by atoms with E-state index in [1.807, 2.05) is 4.90 Å². The van der Waals surface area contributed by atoms with Crippen molar-refractivity contribution in [3.05, 3.63) is 35.9 Å². The molecule has 1 aromatic rings. The summed E-state index contributed by atoms with van der Waals surface area (Å²) in [6.45, 7) is 9.55. The Labute approximate surface area is 169 Å². The Morgan fingerprint density at radius 1 is 1.21 bits per heavy atom. The number of carbonyl (C=O) groups excluding carboxylic acids is 1. The molecule has 3 rings (SSSR count). The van der Waals surface area contributed by atoms with Gasteiger partial charge in [-0.1, -0.05) is 30.3 Å². The molecule has 1 aromatic carbocycles. The number of nitrogens with one attached hydrogen (secondary N) is 2. The molecule has 0 saturated carbocycles. The summed E-state index contributed by atoms with van der Waals surface area (Å²) in [7, 11) is 0. The zero-order chi connectivity index (χ0) is 19.8. The largest absolute Gasteiger partial charge is 0.357 e. The van der Waals surface area contributed by atoms with Crippen molar-refractivity contribution in [3.63, 3.8) is 0 Å². The van der Waals surface area contributed by atoms with Gasteiger partial charge in [0.05, 0.1) is 6.54 Å². The second-order valence-corrected chi connectivity index (χ2v) is 7.94. The maximum absolute atomic E-state index is 12.2. The SMILES string of the molecule is CCNC(=NCCC(=O)N1CCCC1)NC1CC(C)N(Cc2ccccc2)C1. The van der Waals surface area contributed by atoms with Crippen molar-refractivity contribution in [2.45, 2.75) is 58.2 Å². The van der Waals surface area contributed by atoms with Gasteiger partial charge in [-0.05, 0) is 38.7 Å². The molecule has 154 valence electrons. The molecule has 0 spiro atoms. The Morgan fingerprint density at radius 3 is 2.68 bits per heavy atom. The van der Waals surface area contributed by atoms with E-state index in [1.54, 1.807) is 0 Å². The molecule has 0 aliphatic carbocycles. The Kier molecular flexibility index (Phi) is 7.71. The minimum absolute atomic E-state index is 0.237. The molecule has 2 atom stereocenters. The van der Waals surface area contributed by atoms with Crippen molar-refractivity contribution in [2.24, 2.45) is 4.99 Å². The third kappa shape index (κ3) is 5.96. The molecule has 0 aromatic heterocycles. The van der Waals surface area contributed by atoms with E-state index < -0.39 is 0 Å². The Balaban J connectivity index is 1.48. The second kappa shape index (κ2) is 10.5. The molecule has 2 fully saturated rings. The molecule has 2 aliphatic rings. The van der Waals surface area contributed by atoms with Crippen molar-refractivity contribution in [1.82, 2.24) is 20.4 Å². The molecule has 2 heterocycles. The van der Waals surface area contributed by atoms with Crippen LogP contribution in [0.3, 0.4) is 0 Å². The van der Waals surface area contributed by atoms with Gasteiger partial charge < -0.3 is 15.5 Å². The number of rotatable bonds is 7. The highest BCUT2D eigenvalue weighted by Crippen LogP contribution is 2.20. The topological polar surface area (TPSA) is 60.0 Å². The van der Waals surface area contributed by atoms with E-state index >= 15 is 0 Å². The maximum Gasteiger partial charge on any atom is 0.224 e. The van der Waals surface area contributed by atoms with Crippen molar-refractivity contribution in [2.75, 3.05) is 32.7 Å². The van der Waals surface area contributed by atoms with Crippen LogP contribution in [0, 0.1) is 0 Å². The van der Waals surface area contributed by atoms with Crippen LogP contribution in [0.2, 0.25) is 0 Å². The number of hydrogen-bond donors (Lipinski definition) is 2. The minimum Gasteiger partial charge on any atom is -0.357 e. The number of hydrogen-bond acceptors (Lipinski definition) is 3. The summed E-state index contributed by atoms with van der Waals surface area (Å²) in [5.41, 5.74) is 1.36. The fourth-order valence-electron chi connectivity index (χ4n) is 4.14. The van der Waals surface area contributed by atoms with Crippen LogP contribution >= 0.6 is 0 Å². The number of amides is 1. The van der Waals surface area contributed by atoms with Crippen molar-refractivity contribution >= 4 is 11.9 Å². The number of likely N-dealkylation sites (tertiary alicyclic amines) is 2. The number of carbonyl (C=O) groups is 1. The molecule has 2 N–H and O–H groups in total. The Morgan fingerprint density at radius 2 is 1.96 bits per heavy atom. The van der Waals surface area contributed by atoms with Crippen molar-refractivity contribution in [1.29, 1.82) is 0 Å². The van der Waals surface area contributed by atoms with Gasteiger partial charge in [-0.15, -0.1) is 0 Å². The quantitative estimate of drug-likeness (QED) is 0.558. The van der Waals surface area contributed by atoms with E-state index in [1.165, 1.54) is 5.56 Å². The zero-order valence-electron chi connectivity index (χ0n) is 17.4. The predicted octanol–water partition coefficient (Wildman–Crippen LogP) is 2.22. The van der Waals surface area contributed by atoms with Gasteiger partial charge in [0.25, 0.3) is 0 Å². The molecule has 28 heavy (non-hydrogen) atoms. The van der Waals surface area contributed by atoms with Crippen molar-refractivity contribution < 1.29 is 4.79 Å². The van der Waals surface area contributed by atoms with Crippen LogP contribution < -0.4 is 10.6 Å². The first-order valence-electron chi connectivity index (χ1n) is 10.8. The van der Waals surface area contributed by atoms with Crippen LogP contribution in [-0.2, 0) is 11.3 Å². The lowest BCUT2D eigenvalue weighted by molar-refractivity contribution is -0.129. The van der Waals surface area contributed by atoms with E-state index in [2.05, 4.69) is 64.7 Å². The fraction of sp³-hybridized carbons (Fsp3) is 0.636. The molecular weight excluding hydrogens is 350 g/mol. The van der Waals surface area contributed by atoms with E-state index in [9.17, 15) is 4.79 Å². The Bertz CT molecular complexity index is 642. The minimum atomic E-state index is 0.237. The smallest absolute Gasteiger partial charge is 0.224 e. The highest BCUT2D eigenvalue weighted by molar-refractivity contribution is 5.81. The molecule has 1 amide bonds. The number of nitrogens with zero attached hydrogens (tertiary/aromatic N) is 3. The lowest BCUT2D eigenvalue weighted by atomic mass is 10.2. The van der Waals surface area contributed by atoms with E-state index in [0.29, 0.717) is 25.0 Å². The van der Waals surface area contributed by atoms with Crippen LogP contribution in [0.1, 0.15) is 45.1 Å².